The van der Waals surface area contributed by atoms with Gasteiger partial charge in [0.05, 0.1) is 11.9 Å². The molecular weight excluding hydrogens is 507 g/mol. The lowest BCUT2D eigenvalue weighted by atomic mass is 10.2. The highest BCUT2D eigenvalue weighted by molar-refractivity contribution is 7.98. The fourth-order valence-electron chi connectivity index (χ4n) is 3.25. The predicted molar refractivity (Wildman–Crippen MR) is 134 cm³/mol. The van der Waals surface area contributed by atoms with Crippen LogP contribution in [-0.4, -0.2) is 52.6 Å². The summed E-state index contributed by atoms with van der Waals surface area (Å²) in [7, 11) is -3.52. The minimum Gasteiger partial charge on any atom is -0.486 e. The van der Waals surface area contributed by atoms with Gasteiger partial charge < -0.3 is 14.8 Å². The Morgan fingerprint density at radius 3 is 2.52 bits per heavy atom. The molecule has 11 heteroatoms. The summed E-state index contributed by atoms with van der Waals surface area (Å²) in [4.78, 5) is 12.2. The van der Waals surface area contributed by atoms with E-state index < -0.39 is 10.0 Å². The van der Waals surface area contributed by atoms with E-state index >= 15 is 0 Å². The van der Waals surface area contributed by atoms with Gasteiger partial charge >= 0.3 is 0 Å². The van der Waals surface area contributed by atoms with Crippen molar-refractivity contribution < 1.29 is 22.7 Å². The molecule has 0 unspecified atom stereocenters. The third-order valence-electron chi connectivity index (χ3n) is 4.86. The lowest BCUT2D eigenvalue weighted by Crippen LogP contribution is -2.32. The first-order valence-electron chi connectivity index (χ1n) is 10.4. The summed E-state index contributed by atoms with van der Waals surface area (Å²) < 4.78 is 36.9. The van der Waals surface area contributed by atoms with E-state index in [1.807, 2.05) is 0 Å². The van der Waals surface area contributed by atoms with Crippen molar-refractivity contribution in [1.82, 2.24) is 5.32 Å². The van der Waals surface area contributed by atoms with Crippen LogP contribution in [0.4, 0.5) is 5.69 Å². The second-order valence-electron chi connectivity index (χ2n) is 7.37. The van der Waals surface area contributed by atoms with Gasteiger partial charge in [0.15, 0.2) is 11.5 Å². The first kappa shape index (κ1) is 25.8. The van der Waals surface area contributed by atoms with E-state index in [-0.39, 0.29) is 18.9 Å². The van der Waals surface area contributed by atoms with E-state index in [9.17, 15) is 13.2 Å². The molecule has 180 valence electrons. The Morgan fingerprint density at radius 2 is 1.82 bits per heavy atom. The van der Waals surface area contributed by atoms with Gasteiger partial charge in [0.2, 0.25) is 15.9 Å². The molecule has 1 amide bonds. The number of hydrogen-bond acceptors (Lipinski definition) is 6. The number of ether oxygens (including phenoxy) is 2. The molecule has 7 nitrogen and oxygen atoms in total. The summed E-state index contributed by atoms with van der Waals surface area (Å²) in [5.41, 5.74) is 1.37. The van der Waals surface area contributed by atoms with Gasteiger partial charge in [-0.25, -0.2) is 8.42 Å². The highest BCUT2D eigenvalue weighted by Gasteiger charge is 2.21. The number of anilines is 1. The van der Waals surface area contributed by atoms with Crippen molar-refractivity contribution >= 4 is 56.6 Å². The largest absolute Gasteiger partial charge is 0.486 e. The number of thioether (sulfide) groups is 1. The fourth-order valence-corrected chi connectivity index (χ4v) is 5.80. The Bertz CT molecular complexity index is 1060. The van der Waals surface area contributed by atoms with E-state index in [0.717, 1.165) is 11.8 Å². The first-order valence-corrected chi connectivity index (χ1v) is 14.2. The van der Waals surface area contributed by atoms with Crippen molar-refractivity contribution in [1.29, 1.82) is 0 Å². The van der Waals surface area contributed by atoms with Crippen molar-refractivity contribution in [2.45, 2.75) is 18.6 Å². The highest BCUT2D eigenvalue weighted by atomic mass is 35.5. The molecule has 1 aliphatic heterocycles. The second-order valence-corrected chi connectivity index (χ2v) is 11.2. The molecule has 0 saturated heterocycles. The quantitative estimate of drug-likeness (QED) is 0.432. The first-order chi connectivity index (χ1) is 15.8. The van der Waals surface area contributed by atoms with Crippen molar-refractivity contribution in [3.63, 3.8) is 0 Å². The van der Waals surface area contributed by atoms with Crippen molar-refractivity contribution in [3.05, 3.63) is 52.0 Å². The van der Waals surface area contributed by atoms with Crippen LogP contribution < -0.4 is 19.1 Å². The summed E-state index contributed by atoms with van der Waals surface area (Å²) in [5, 5.41) is 4.12. The molecule has 0 fully saturated rings. The number of nitrogens with one attached hydrogen (secondary N) is 1. The Balaban J connectivity index is 1.42. The van der Waals surface area contributed by atoms with Crippen LogP contribution in [0.15, 0.2) is 36.4 Å². The van der Waals surface area contributed by atoms with E-state index in [1.165, 1.54) is 4.31 Å². The zero-order valence-electron chi connectivity index (χ0n) is 18.2. The van der Waals surface area contributed by atoms with Crippen molar-refractivity contribution in [2.24, 2.45) is 0 Å². The molecule has 1 aliphatic rings. The highest BCUT2D eigenvalue weighted by Crippen LogP contribution is 2.34. The lowest BCUT2D eigenvalue weighted by Gasteiger charge is -2.25. The van der Waals surface area contributed by atoms with Gasteiger partial charge in [-0.1, -0.05) is 29.3 Å². The Morgan fingerprint density at radius 1 is 1.12 bits per heavy atom. The zero-order chi connectivity index (χ0) is 23.8. The average Bonchev–Trinajstić information content (AvgIpc) is 2.77. The van der Waals surface area contributed by atoms with Gasteiger partial charge in [-0.2, -0.15) is 11.8 Å². The fraction of sp³-hybridized carbons (Fsp3) is 0.409. The van der Waals surface area contributed by atoms with Gasteiger partial charge in [-0.3, -0.25) is 9.10 Å². The number of rotatable bonds is 11. The molecule has 0 aliphatic carbocycles. The molecule has 33 heavy (non-hydrogen) atoms. The van der Waals surface area contributed by atoms with Crippen LogP contribution in [0.3, 0.4) is 0 Å². The third-order valence-corrected chi connectivity index (χ3v) is 7.74. The summed E-state index contributed by atoms with van der Waals surface area (Å²) in [6.07, 6.45) is 1.75. The van der Waals surface area contributed by atoms with Crippen molar-refractivity contribution in [3.8, 4) is 11.5 Å². The minimum atomic E-state index is -3.52. The lowest BCUT2D eigenvalue weighted by molar-refractivity contribution is -0.121. The summed E-state index contributed by atoms with van der Waals surface area (Å²) in [5.74, 6) is 2.35. The molecule has 0 spiro atoms. The maximum atomic E-state index is 12.3. The number of carbonyl (C=O) groups is 1. The third kappa shape index (κ3) is 7.60. The summed E-state index contributed by atoms with van der Waals surface area (Å²) in [6, 6.07) is 10.4. The molecule has 2 aromatic rings. The van der Waals surface area contributed by atoms with Crippen LogP contribution in [0.2, 0.25) is 10.0 Å². The second kappa shape index (κ2) is 12.1. The SMILES string of the molecule is CS(=O)(=O)N(CCCC(=O)NCCSCc1c(Cl)cccc1Cl)c1ccc2c(c1)OCCO2. The standard InChI is InChI=1S/C22H26Cl2N2O5S2/c1-33(28,29)26(16-7-8-20-21(14-16)31-12-11-30-20)10-3-6-22(27)25-9-13-32-15-17-18(23)4-2-5-19(17)24/h2,4-5,7-8,14H,3,6,9-13,15H2,1H3,(H,25,27). The van der Waals surface area contributed by atoms with E-state index in [1.54, 1.807) is 48.2 Å². The van der Waals surface area contributed by atoms with Gasteiger partial charge in [-0.05, 0) is 36.2 Å². The molecule has 0 atom stereocenters. The maximum Gasteiger partial charge on any atom is 0.232 e. The molecule has 0 aromatic heterocycles. The number of amides is 1. The topological polar surface area (TPSA) is 84.9 Å². The minimum absolute atomic E-state index is 0.123. The Hall–Kier alpha value is -1.81. The van der Waals surface area contributed by atoms with Crippen LogP contribution in [0.25, 0.3) is 0 Å². The van der Waals surface area contributed by atoms with E-state index in [2.05, 4.69) is 5.32 Å². The number of carbonyl (C=O) groups excluding carboxylic acids is 1. The van der Waals surface area contributed by atoms with Gasteiger partial charge in [-0.15, -0.1) is 0 Å². The molecule has 2 aromatic carbocycles. The smallest absolute Gasteiger partial charge is 0.232 e. The van der Waals surface area contributed by atoms with Gasteiger partial charge in [0.1, 0.15) is 13.2 Å². The number of benzene rings is 2. The monoisotopic (exact) mass is 532 g/mol. The number of hydrogen-bond donors (Lipinski definition) is 1. The predicted octanol–water partition coefficient (Wildman–Crippen LogP) is 4.36. The summed E-state index contributed by atoms with van der Waals surface area (Å²) >= 11 is 13.9. The normalized spacial score (nSPS) is 12.9. The average molecular weight is 533 g/mol. The Labute approximate surface area is 208 Å². The van der Waals surface area contributed by atoms with Gasteiger partial charge in [0.25, 0.3) is 0 Å². The Kier molecular flexibility index (Phi) is 9.43. The molecular formula is C22H26Cl2N2O5S2. The number of nitrogens with zero attached hydrogens (tertiary/aromatic N) is 1. The molecule has 0 saturated carbocycles. The zero-order valence-corrected chi connectivity index (χ0v) is 21.3. The number of fused-ring (bicyclic) bond motifs is 1. The molecule has 3 rings (SSSR count). The molecule has 0 bridgehead atoms. The van der Waals surface area contributed by atoms with Crippen LogP contribution in [0.5, 0.6) is 11.5 Å². The van der Waals surface area contributed by atoms with Crippen LogP contribution in [-0.2, 0) is 20.6 Å². The van der Waals surface area contributed by atoms with Crippen molar-refractivity contribution in [2.75, 3.05) is 42.6 Å². The van der Waals surface area contributed by atoms with E-state index in [4.69, 9.17) is 32.7 Å². The van der Waals surface area contributed by atoms with Crippen LogP contribution in [0.1, 0.15) is 18.4 Å². The number of sulfonamides is 1. The molecule has 0 radical (unpaired) electrons. The number of halogens is 2. The van der Waals surface area contributed by atoms with E-state index in [0.29, 0.717) is 64.9 Å². The molecule has 1 heterocycles. The van der Waals surface area contributed by atoms with Crippen LogP contribution in [0, 0.1) is 0 Å². The van der Waals surface area contributed by atoms with Crippen LogP contribution >= 0.6 is 35.0 Å². The maximum absolute atomic E-state index is 12.3. The summed E-state index contributed by atoms with van der Waals surface area (Å²) in [6.45, 7) is 1.57. The van der Waals surface area contributed by atoms with Gasteiger partial charge in [0, 0.05) is 47.1 Å². The molecule has 1 N–H and O–H groups in total.